The van der Waals surface area contributed by atoms with E-state index in [0.29, 0.717) is 50.6 Å². The van der Waals surface area contributed by atoms with Crippen molar-refractivity contribution < 1.29 is 24.2 Å². The first kappa shape index (κ1) is 32.0. The van der Waals surface area contributed by atoms with Crippen molar-refractivity contribution in [2.24, 2.45) is 0 Å². The molecule has 0 aliphatic heterocycles. The number of carbonyl (C=O) groups excluding carboxylic acids is 1. The van der Waals surface area contributed by atoms with Crippen LogP contribution in [0.15, 0.2) is 58.3 Å². The topological polar surface area (TPSA) is 76.1 Å². The number of hydrogen-bond acceptors (Lipinski definition) is 6. The van der Waals surface area contributed by atoms with E-state index < -0.39 is 5.97 Å². The predicted molar refractivity (Wildman–Crippen MR) is 144 cm³/mol. The lowest BCUT2D eigenvalue weighted by atomic mass is 10.2. The van der Waals surface area contributed by atoms with Gasteiger partial charge >= 0.3 is 5.97 Å². The Bertz CT molecular complexity index is 788. The summed E-state index contributed by atoms with van der Waals surface area (Å²) < 4.78 is 10.7. The molecular formula is C26H39NO5S2. The van der Waals surface area contributed by atoms with Gasteiger partial charge in [-0.3, -0.25) is 4.79 Å². The number of aromatic carboxylic acids is 1. The van der Waals surface area contributed by atoms with Crippen LogP contribution in [-0.2, 0) is 9.47 Å². The van der Waals surface area contributed by atoms with E-state index in [1.54, 1.807) is 52.7 Å². The van der Waals surface area contributed by atoms with Crippen LogP contribution >= 0.6 is 23.5 Å². The first-order valence-electron chi connectivity index (χ1n) is 11.4. The van der Waals surface area contributed by atoms with Gasteiger partial charge in [-0.1, -0.05) is 13.8 Å². The third-order valence-electron chi connectivity index (χ3n) is 4.38. The number of hydrogen-bond donors (Lipinski definition) is 1. The van der Waals surface area contributed by atoms with Crippen LogP contribution in [-0.4, -0.2) is 73.9 Å². The van der Waals surface area contributed by atoms with Crippen molar-refractivity contribution in [3.05, 3.63) is 59.7 Å². The van der Waals surface area contributed by atoms with Crippen LogP contribution in [0.5, 0.6) is 0 Å². The molecule has 0 aliphatic carbocycles. The number of carboxylic acids is 1. The maximum absolute atomic E-state index is 12.5. The van der Waals surface area contributed by atoms with E-state index in [2.05, 4.69) is 0 Å². The summed E-state index contributed by atoms with van der Waals surface area (Å²) in [5.41, 5.74) is 1.04. The highest BCUT2D eigenvalue weighted by molar-refractivity contribution is 7.98. The smallest absolute Gasteiger partial charge is 0.335 e. The average molecular weight is 510 g/mol. The van der Waals surface area contributed by atoms with E-state index in [9.17, 15) is 9.59 Å². The molecule has 8 heteroatoms. The quantitative estimate of drug-likeness (QED) is 0.275. The number of ether oxygens (including phenoxy) is 2. The van der Waals surface area contributed by atoms with Crippen LogP contribution in [0.25, 0.3) is 0 Å². The van der Waals surface area contributed by atoms with E-state index in [4.69, 9.17) is 14.6 Å². The Morgan fingerprint density at radius 2 is 1.15 bits per heavy atom. The van der Waals surface area contributed by atoms with Crippen molar-refractivity contribution in [2.75, 3.05) is 52.0 Å². The number of benzene rings is 2. The molecule has 2 aromatic carbocycles. The second kappa shape index (κ2) is 20.4. The first-order valence-corrected chi connectivity index (χ1v) is 13.9. The molecule has 0 aliphatic rings. The van der Waals surface area contributed by atoms with Crippen molar-refractivity contribution in [2.45, 2.75) is 37.5 Å². The van der Waals surface area contributed by atoms with Gasteiger partial charge in [-0.2, -0.15) is 0 Å². The Morgan fingerprint density at radius 3 is 1.47 bits per heavy atom. The van der Waals surface area contributed by atoms with Gasteiger partial charge in [0.25, 0.3) is 5.91 Å². The van der Waals surface area contributed by atoms with Crippen molar-refractivity contribution in [1.29, 1.82) is 0 Å². The Morgan fingerprint density at radius 1 is 0.765 bits per heavy atom. The second-order valence-electron chi connectivity index (χ2n) is 6.45. The predicted octanol–water partition coefficient (Wildman–Crippen LogP) is 6.06. The molecule has 0 atom stereocenters. The molecule has 0 spiro atoms. The monoisotopic (exact) mass is 509 g/mol. The van der Waals surface area contributed by atoms with Crippen LogP contribution in [0.3, 0.4) is 0 Å². The summed E-state index contributed by atoms with van der Waals surface area (Å²) in [5, 5.41) is 8.54. The molecule has 0 unspecified atom stereocenters. The van der Waals surface area contributed by atoms with Crippen LogP contribution in [0, 0.1) is 0 Å². The SMILES string of the molecule is CC.CCOCCN(CCOCC)C(=O)c1ccc(SC)cc1.CSc1ccc(C(=O)O)cc1. The third-order valence-corrected chi connectivity index (χ3v) is 5.87. The normalized spacial score (nSPS) is 9.82. The molecule has 2 rings (SSSR count). The number of thioether (sulfide) groups is 2. The van der Waals surface area contributed by atoms with Gasteiger partial charge in [0.1, 0.15) is 0 Å². The van der Waals surface area contributed by atoms with E-state index in [1.165, 1.54) is 0 Å². The van der Waals surface area contributed by atoms with Gasteiger partial charge < -0.3 is 19.5 Å². The van der Waals surface area contributed by atoms with Gasteiger partial charge in [0.05, 0.1) is 18.8 Å². The van der Waals surface area contributed by atoms with E-state index in [1.807, 2.05) is 64.5 Å². The largest absolute Gasteiger partial charge is 0.478 e. The Kier molecular flexibility index (Phi) is 19.2. The molecule has 0 radical (unpaired) electrons. The van der Waals surface area contributed by atoms with Gasteiger partial charge in [-0.15, -0.1) is 23.5 Å². The molecule has 0 saturated carbocycles. The zero-order valence-electron chi connectivity index (χ0n) is 21.2. The second-order valence-corrected chi connectivity index (χ2v) is 8.21. The van der Waals surface area contributed by atoms with Crippen molar-refractivity contribution in [3.63, 3.8) is 0 Å². The zero-order chi connectivity index (χ0) is 25.8. The molecule has 1 amide bonds. The first-order chi connectivity index (χ1) is 16.5. The van der Waals surface area contributed by atoms with Crippen LogP contribution in [0.4, 0.5) is 0 Å². The van der Waals surface area contributed by atoms with E-state index in [-0.39, 0.29) is 5.91 Å². The molecule has 0 saturated heterocycles. The van der Waals surface area contributed by atoms with Crippen molar-refractivity contribution in [1.82, 2.24) is 4.90 Å². The fourth-order valence-corrected chi connectivity index (χ4v) is 3.42. The number of nitrogens with zero attached hydrogens (tertiary/aromatic N) is 1. The molecule has 1 N–H and O–H groups in total. The van der Waals surface area contributed by atoms with Gasteiger partial charge in [0, 0.05) is 41.7 Å². The van der Waals surface area contributed by atoms with Crippen molar-refractivity contribution >= 4 is 35.4 Å². The minimum Gasteiger partial charge on any atom is -0.478 e. The van der Waals surface area contributed by atoms with Crippen LogP contribution < -0.4 is 0 Å². The fraction of sp³-hybridized carbons (Fsp3) is 0.462. The lowest BCUT2D eigenvalue weighted by Gasteiger charge is -2.22. The number of rotatable bonds is 12. The summed E-state index contributed by atoms with van der Waals surface area (Å²) >= 11 is 3.26. The summed E-state index contributed by atoms with van der Waals surface area (Å²) in [7, 11) is 0. The zero-order valence-corrected chi connectivity index (χ0v) is 22.8. The molecule has 0 heterocycles. The highest BCUT2D eigenvalue weighted by Gasteiger charge is 2.15. The minimum atomic E-state index is -0.877. The summed E-state index contributed by atoms with van der Waals surface area (Å²) in [6, 6.07) is 14.5. The Hall–Kier alpha value is -2.00. The number of amides is 1. The fourth-order valence-electron chi connectivity index (χ4n) is 2.60. The molecule has 190 valence electrons. The van der Waals surface area contributed by atoms with Gasteiger partial charge in [-0.25, -0.2) is 4.79 Å². The maximum Gasteiger partial charge on any atom is 0.335 e. The molecule has 0 bridgehead atoms. The highest BCUT2D eigenvalue weighted by Crippen LogP contribution is 2.16. The summed E-state index contributed by atoms with van der Waals surface area (Å²) in [6.07, 6.45) is 3.98. The van der Waals surface area contributed by atoms with Crippen molar-refractivity contribution in [3.8, 4) is 0 Å². The van der Waals surface area contributed by atoms with Crippen LogP contribution in [0.2, 0.25) is 0 Å². The summed E-state index contributed by atoms with van der Waals surface area (Å²) in [4.78, 5) is 27.0. The van der Waals surface area contributed by atoms with Gasteiger partial charge in [0.15, 0.2) is 0 Å². The van der Waals surface area contributed by atoms with Crippen LogP contribution in [0.1, 0.15) is 48.4 Å². The number of carbonyl (C=O) groups is 2. The lowest BCUT2D eigenvalue weighted by molar-refractivity contribution is 0.0550. The molecule has 0 aromatic heterocycles. The summed E-state index contributed by atoms with van der Waals surface area (Å²) in [6.45, 7) is 11.5. The minimum absolute atomic E-state index is 0.0297. The third kappa shape index (κ3) is 13.0. The average Bonchev–Trinajstić information content (AvgIpc) is 2.89. The molecule has 34 heavy (non-hydrogen) atoms. The van der Waals surface area contributed by atoms with E-state index >= 15 is 0 Å². The van der Waals surface area contributed by atoms with Gasteiger partial charge in [0.2, 0.25) is 0 Å². The molecule has 2 aromatic rings. The Labute approximate surface area is 213 Å². The van der Waals surface area contributed by atoms with Gasteiger partial charge in [-0.05, 0) is 74.9 Å². The Balaban J connectivity index is 0.000000701. The van der Waals surface area contributed by atoms with E-state index in [0.717, 1.165) is 9.79 Å². The molecule has 6 nitrogen and oxygen atoms in total. The lowest BCUT2D eigenvalue weighted by Crippen LogP contribution is -2.36. The maximum atomic E-state index is 12.5. The number of carboxylic acid groups (broad SMARTS) is 1. The standard InChI is InChI=1S/C16H25NO3S.C8H8O2S.C2H6/c1-4-19-12-10-17(11-13-20-5-2)16(18)14-6-8-15(21-3)9-7-14;1-11-7-4-2-6(3-5-7)8(9)10;1-2/h6-9H,4-5,10-13H2,1-3H3;2-5H,1H3,(H,9,10);1-2H3. The summed E-state index contributed by atoms with van der Waals surface area (Å²) in [5.74, 6) is -0.847. The molecular weight excluding hydrogens is 470 g/mol. The molecule has 0 fully saturated rings. The highest BCUT2D eigenvalue weighted by atomic mass is 32.2.